The van der Waals surface area contributed by atoms with Gasteiger partial charge in [-0.05, 0) is 11.0 Å². The Labute approximate surface area is 61.7 Å². The van der Waals surface area contributed by atoms with Gasteiger partial charge in [-0.1, -0.05) is 0 Å². The van der Waals surface area contributed by atoms with Crippen LogP contribution >= 0.6 is 0 Å². The van der Waals surface area contributed by atoms with E-state index in [2.05, 4.69) is 0 Å². The molecule has 0 radical (unpaired) electrons. The quantitative estimate of drug-likeness (QED) is 0.321. The molecule has 0 aliphatic heterocycles. The Morgan fingerprint density at radius 2 is 1.67 bits per heavy atom. The van der Waals surface area contributed by atoms with Crippen LogP contribution in [0.2, 0.25) is 0 Å². The summed E-state index contributed by atoms with van der Waals surface area (Å²) < 4.78 is 0. The first-order chi connectivity index (χ1) is 1.73. The predicted molar refractivity (Wildman–Crippen MR) is 19.4 cm³/mol. The largest absolute Gasteiger partial charge is 1.00 e. The summed E-state index contributed by atoms with van der Waals surface area (Å²) in [5, 5.41) is 15.3. The molecule has 0 atom stereocenters. The topological polar surface area (TPSA) is 60.4 Å². The number of carboxylic acid groups (broad SMARTS) is 2. The Morgan fingerprint density at radius 3 is 1.67 bits per heavy atom. The molecule has 0 aromatic heterocycles. The summed E-state index contributed by atoms with van der Waals surface area (Å²) in [6.07, 6.45) is -2.08. The molecule has 0 fully saturated rings. The standard InChI is InChI=1S/CH2O3.Na.H4Si/c2-1(3)4;;/h(H2,2,3,4);;1H4/q;+1;/p-1. The molecular weight excluding hydrogens is 111 g/mol. The molecule has 5 heteroatoms. The summed E-state index contributed by atoms with van der Waals surface area (Å²) in [6.45, 7) is 0. The van der Waals surface area contributed by atoms with Gasteiger partial charge in [0, 0.05) is 0 Å². The van der Waals surface area contributed by atoms with Crippen molar-refractivity contribution < 1.29 is 44.6 Å². The van der Waals surface area contributed by atoms with Gasteiger partial charge < -0.3 is 15.0 Å². The van der Waals surface area contributed by atoms with E-state index in [0.717, 1.165) is 0 Å². The van der Waals surface area contributed by atoms with Gasteiger partial charge in [0.15, 0.2) is 0 Å². The minimum atomic E-state index is -2.08. The molecule has 0 heterocycles. The van der Waals surface area contributed by atoms with E-state index < -0.39 is 6.16 Å². The average molecular weight is 116 g/mol. The van der Waals surface area contributed by atoms with Gasteiger partial charge in [-0.15, -0.1) is 0 Å². The van der Waals surface area contributed by atoms with Crippen LogP contribution in [0.1, 0.15) is 0 Å². The van der Waals surface area contributed by atoms with Crippen LogP contribution in [-0.4, -0.2) is 22.2 Å². The summed E-state index contributed by atoms with van der Waals surface area (Å²) in [5.41, 5.74) is 0. The normalized spacial score (nSPS) is 4.00. The zero-order valence-corrected chi connectivity index (χ0v) is 4.76. The Bertz CT molecular complexity index is 33.8. The summed E-state index contributed by atoms with van der Waals surface area (Å²) in [5.74, 6) is 0. The summed E-state index contributed by atoms with van der Waals surface area (Å²) in [7, 11) is 0. The van der Waals surface area contributed by atoms with E-state index >= 15 is 0 Å². The van der Waals surface area contributed by atoms with E-state index in [1.165, 1.54) is 0 Å². The van der Waals surface area contributed by atoms with E-state index in [4.69, 9.17) is 15.0 Å². The molecule has 1 N–H and O–H groups in total. The van der Waals surface area contributed by atoms with Crippen LogP contribution in [0.15, 0.2) is 0 Å². The second-order valence-corrected chi connectivity index (χ2v) is 0.266. The fourth-order valence-electron chi connectivity index (χ4n) is 0. The van der Waals surface area contributed by atoms with Crippen molar-refractivity contribution >= 4 is 17.1 Å². The van der Waals surface area contributed by atoms with E-state index in [0.29, 0.717) is 0 Å². The van der Waals surface area contributed by atoms with Crippen LogP contribution in [0.3, 0.4) is 0 Å². The molecule has 0 aliphatic rings. The molecule has 32 valence electrons. The van der Waals surface area contributed by atoms with Gasteiger partial charge in [0.1, 0.15) is 0 Å². The summed E-state index contributed by atoms with van der Waals surface area (Å²) >= 11 is 0. The minimum Gasteiger partial charge on any atom is -0.565 e. The van der Waals surface area contributed by atoms with E-state index in [1.54, 1.807) is 0 Å². The third-order valence-electron chi connectivity index (χ3n) is 0. The van der Waals surface area contributed by atoms with Crippen LogP contribution < -0.4 is 34.7 Å². The van der Waals surface area contributed by atoms with Crippen LogP contribution in [-0.2, 0) is 0 Å². The molecule has 0 aromatic carbocycles. The average Bonchev–Trinajstić information content (AvgIpc) is 0.811. The van der Waals surface area contributed by atoms with Crippen LogP contribution in [0.4, 0.5) is 4.79 Å². The van der Waals surface area contributed by atoms with Crippen molar-refractivity contribution in [3.63, 3.8) is 0 Å². The maximum absolute atomic E-state index is 8.44. The Hall–Kier alpha value is 0.487. The zero-order valence-electron chi connectivity index (χ0n) is 2.76. The van der Waals surface area contributed by atoms with E-state index in [1.807, 2.05) is 0 Å². The summed E-state index contributed by atoms with van der Waals surface area (Å²) in [6, 6.07) is 0. The Morgan fingerprint density at radius 1 is 1.67 bits per heavy atom. The van der Waals surface area contributed by atoms with Crippen molar-refractivity contribution in [2.75, 3.05) is 0 Å². The van der Waals surface area contributed by atoms with E-state index in [-0.39, 0.29) is 40.5 Å². The van der Waals surface area contributed by atoms with Gasteiger partial charge in [0.05, 0.1) is 0 Å². The second-order valence-electron chi connectivity index (χ2n) is 0.266. The molecule has 0 bridgehead atoms. The van der Waals surface area contributed by atoms with Crippen LogP contribution in [0, 0.1) is 0 Å². The van der Waals surface area contributed by atoms with Crippen molar-refractivity contribution in [1.29, 1.82) is 0 Å². The van der Waals surface area contributed by atoms with Gasteiger partial charge in [-0.25, -0.2) is 0 Å². The third kappa shape index (κ3) is 230. The molecule has 0 saturated carbocycles. The SMILES string of the molecule is O=C([O-])O.[Na+].[SiH4]. The molecule has 3 nitrogen and oxygen atoms in total. The molecule has 0 amide bonds. The monoisotopic (exact) mass is 116 g/mol. The number of hydrogen-bond acceptors (Lipinski definition) is 2. The third-order valence-corrected chi connectivity index (χ3v) is 0. The van der Waals surface area contributed by atoms with Crippen molar-refractivity contribution in [3.8, 4) is 0 Å². The first-order valence-electron chi connectivity index (χ1n) is 0.632. The summed E-state index contributed by atoms with van der Waals surface area (Å²) in [4.78, 5) is 8.44. The zero-order chi connectivity index (χ0) is 3.58. The maximum Gasteiger partial charge on any atom is 1.00 e. The van der Waals surface area contributed by atoms with Crippen molar-refractivity contribution in [2.24, 2.45) is 0 Å². The molecule has 0 aliphatic carbocycles. The van der Waals surface area contributed by atoms with Gasteiger partial charge in [-0.2, -0.15) is 0 Å². The minimum absolute atomic E-state index is 0. The molecule has 0 saturated heterocycles. The smallest absolute Gasteiger partial charge is 0.565 e. The first kappa shape index (κ1) is 16.1. The Balaban J connectivity index is -0.0000000450. The fourth-order valence-corrected chi connectivity index (χ4v) is 0. The molecule has 0 rings (SSSR count). The Kier molecular flexibility index (Phi) is 24.3. The number of carbonyl (C=O) groups is 1. The van der Waals surface area contributed by atoms with Gasteiger partial charge >= 0.3 is 29.6 Å². The van der Waals surface area contributed by atoms with Crippen molar-refractivity contribution in [1.82, 2.24) is 0 Å². The number of rotatable bonds is 0. The van der Waals surface area contributed by atoms with E-state index in [9.17, 15) is 0 Å². The number of hydrogen-bond donors (Lipinski definition) is 1. The molecule has 0 aromatic rings. The predicted octanol–water partition coefficient (Wildman–Crippen LogP) is -5.56. The maximum atomic E-state index is 8.44. The molecule has 6 heavy (non-hydrogen) atoms. The van der Waals surface area contributed by atoms with Gasteiger partial charge in [0.2, 0.25) is 6.16 Å². The van der Waals surface area contributed by atoms with Gasteiger partial charge in [0.25, 0.3) is 0 Å². The van der Waals surface area contributed by atoms with Gasteiger partial charge in [-0.3, -0.25) is 0 Å². The first-order valence-corrected chi connectivity index (χ1v) is 0.632. The molecule has 0 spiro atoms. The second kappa shape index (κ2) is 9.09. The van der Waals surface area contributed by atoms with Crippen LogP contribution in [0.5, 0.6) is 0 Å². The fraction of sp³-hybridized carbons (Fsp3) is 0. The molecule has 0 unspecified atom stereocenters. The van der Waals surface area contributed by atoms with Crippen LogP contribution in [0.25, 0.3) is 0 Å². The molecular formula is CH5NaO3Si. The van der Waals surface area contributed by atoms with Crippen molar-refractivity contribution in [2.45, 2.75) is 0 Å². The van der Waals surface area contributed by atoms with Crippen molar-refractivity contribution in [3.05, 3.63) is 0 Å².